The van der Waals surface area contributed by atoms with Crippen molar-refractivity contribution in [3.05, 3.63) is 0 Å². The van der Waals surface area contributed by atoms with E-state index in [0.29, 0.717) is 13.1 Å². The van der Waals surface area contributed by atoms with Crippen molar-refractivity contribution in [2.24, 2.45) is 0 Å². The zero-order valence-electron chi connectivity index (χ0n) is 8.44. The van der Waals surface area contributed by atoms with Crippen LogP contribution in [0.5, 0.6) is 0 Å². The molecule has 1 saturated heterocycles. The Kier molecular flexibility index (Phi) is 3.69. The lowest BCUT2D eigenvalue weighted by Gasteiger charge is -2.23. The van der Waals surface area contributed by atoms with Gasteiger partial charge in [-0.15, -0.1) is 0 Å². The predicted octanol–water partition coefficient (Wildman–Crippen LogP) is -0.536. The lowest BCUT2D eigenvalue weighted by Crippen LogP contribution is -2.48. The third-order valence-corrected chi connectivity index (χ3v) is 2.42. The van der Waals surface area contributed by atoms with Crippen LogP contribution in [-0.2, 0) is 4.79 Å². The summed E-state index contributed by atoms with van der Waals surface area (Å²) in [6.45, 7) is 7.19. The molecule has 0 aromatic rings. The average Bonchev–Trinajstić information content (AvgIpc) is 2.51. The van der Waals surface area contributed by atoms with E-state index < -0.39 is 0 Å². The smallest absolute Gasteiger partial charge is 0.233 e. The maximum absolute atomic E-state index is 11.1. The molecule has 13 heavy (non-hydrogen) atoms. The first-order valence-electron chi connectivity index (χ1n) is 4.89. The molecule has 3 N–H and O–H groups in total. The minimum Gasteiger partial charge on any atom is -0.355 e. The van der Waals surface area contributed by atoms with Crippen molar-refractivity contribution in [2.45, 2.75) is 25.8 Å². The summed E-state index contributed by atoms with van der Waals surface area (Å²) >= 11 is 0. The van der Waals surface area contributed by atoms with E-state index in [1.54, 1.807) is 0 Å². The van der Waals surface area contributed by atoms with Crippen molar-refractivity contribution >= 4 is 5.91 Å². The Morgan fingerprint density at radius 2 is 2.38 bits per heavy atom. The lowest BCUT2D eigenvalue weighted by atomic mass is 10.0. The maximum Gasteiger partial charge on any atom is 0.233 e. The highest BCUT2D eigenvalue weighted by molar-refractivity contribution is 5.78. The first-order chi connectivity index (χ1) is 6.16. The van der Waals surface area contributed by atoms with Crippen LogP contribution in [0.1, 0.15) is 20.3 Å². The highest BCUT2D eigenvalue weighted by Crippen LogP contribution is 2.12. The average molecular weight is 185 g/mol. The van der Waals surface area contributed by atoms with Crippen molar-refractivity contribution in [3.63, 3.8) is 0 Å². The van der Waals surface area contributed by atoms with E-state index in [1.165, 1.54) is 0 Å². The van der Waals surface area contributed by atoms with Crippen LogP contribution < -0.4 is 16.0 Å². The third kappa shape index (κ3) is 3.32. The second-order valence-corrected chi connectivity index (χ2v) is 3.79. The number of likely N-dealkylation sites (N-methyl/N-ethyl adjacent to an activating group) is 1. The minimum absolute atomic E-state index is 0.0793. The molecule has 1 aliphatic rings. The molecule has 4 heteroatoms. The van der Waals surface area contributed by atoms with E-state index >= 15 is 0 Å². The van der Waals surface area contributed by atoms with Crippen LogP contribution in [-0.4, -0.2) is 37.6 Å². The van der Waals surface area contributed by atoms with Crippen LogP contribution in [0.15, 0.2) is 0 Å². The standard InChI is InChI=1S/C9H19N3O/c1-3-11-8(13)6-12-9(2)4-5-10-7-9/h10,12H,3-7H2,1-2H3,(H,11,13). The predicted molar refractivity (Wildman–Crippen MR) is 52.6 cm³/mol. The highest BCUT2D eigenvalue weighted by atomic mass is 16.1. The molecule has 0 bridgehead atoms. The molecule has 76 valence electrons. The van der Waals surface area contributed by atoms with Crippen molar-refractivity contribution < 1.29 is 4.79 Å². The Morgan fingerprint density at radius 3 is 2.92 bits per heavy atom. The summed E-state index contributed by atoms with van der Waals surface area (Å²) in [5.74, 6) is 0.0793. The summed E-state index contributed by atoms with van der Waals surface area (Å²) in [7, 11) is 0. The molecular weight excluding hydrogens is 166 g/mol. The van der Waals surface area contributed by atoms with Gasteiger partial charge < -0.3 is 16.0 Å². The minimum atomic E-state index is 0.0793. The zero-order chi connectivity index (χ0) is 9.73. The van der Waals surface area contributed by atoms with Gasteiger partial charge in [0.1, 0.15) is 0 Å². The Morgan fingerprint density at radius 1 is 1.62 bits per heavy atom. The number of hydrogen-bond donors (Lipinski definition) is 3. The van der Waals surface area contributed by atoms with Crippen molar-refractivity contribution in [1.82, 2.24) is 16.0 Å². The maximum atomic E-state index is 11.1. The van der Waals surface area contributed by atoms with Gasteiger partial charge in [-0.2, -0.15) is 0 Å². The highest BCUT2D eigenvalue weighted by Gasteiger charge is 2.27. The summed E-state index contributed by atoms with van der Waals surface area (Å²) in [5.41, 5.74) is 0.102. The molecule has 0 spiro atoms. The Balaban J connectivity index is 2.21. The van der Waals surface area contributed by atoms with Gasteiger partial charge in [0.2, 0.25) is 5.91 Å². The second kappa shape index (κ2) is 4.58. The molecule has 0 aromatic carbocycles. The first-order valence-corrected chi connectivity index (χ1v) is 4.89. The number of carbonyl (C=O) groups excluding carboxylic acids is 1. The molecule has 0 aliphatic carbocycles. The molecule has 1 atom stereocenters. The molecule has 1 fully saturated rings. The van der Waals surface area contributed by atoms with E-state index in [-0.39, 0.29) is 11.4 Å². The van der Waals surface area contributed by atoms with E-state index in [9.17, 15) is 4.79 Å². The first kappa shape index (κ1) is 10.5. The van der Waals surface area contributed by atoms with Gasteiger partial charge in [-0.25, -0.2) is 0 Å². The van der Waals surface area contributed by atoms with Crippen LogP contribution in [0.3, 0.4) is 0 Å². The summed E-state index contributed by atoms with van der Waals surface area (Å²) in [5, 5.41) is 9.31. The van der Waals surface area contributed by atoms with E-state index in [2.05, 4.69) is 22.9 Å². The summed E-state index contributed by atoms with van der Waals surface area (Å²) < 4.78 is 0. The molecule has 1 aliphatic heterocycles. The fourth-order valence-electron chi connectivity index (χ4n) is 1.52. The molecule has 0 radical (unpaired) electrons. The molecular formula is C9H19N3O. The van der Waals surface area contributed by atoms with Gasteiger partial charge in [0.25, 0.3) is 0 Å². The van der Waals surface area contributed by atoms with Gasteiger partial charge in [0.05, 0.1) is 6.54 Å². The van der Waals surface area contributed by atoms with Gasteiger partial charge >= 0.3 is 0 Å². The van der Waals surface area contributed by atoms with Crippen LogP contribution in [0.25, 0.3) is 0 Å². The normalized spacial score (nSPS) is 27.5. The molecule has 1 heterocycles. The fourth-order valence-corrected chi connectivity index (χ4v) is 1.52. The number of nitrogens with one attached hydrogen (secondary N) is 3. The van der Waals surface area contributed by atoms with Crippen LogP contribution >= 0.6 is 0 Å². The van der Waals surface area contributed by atoms with E-state index in [1.807, 2.05) is 6.92 Å². The SMILES string of the molecule is CCNC(=O)CNC1(C)CCNC1. The van der Waals surface area contributed by atoms with Crippen LogP contribution in [0.2, 0.25) is 0 Å². The molecule has 0 aromatic heterocycles. The summed E-state index contributed by atoms with van der Waals surface area (Å²) in [4.78, 5) is 11.1. The Labute approximate surface area is 79.5 Å². The molecule has 1 unspecified atom stereocenters. The van der Waals surface area contributed by atoms with E-state index in [0.717, 1.165) is 19.5 Å². The quantitative estimate of drug-likeness (QED) is 0.551. The molecule has 1 rings (SSSR count). The molecule has 4 nitrogen and oxygen atoms in total. The van der Waals surface area contributed by atoms with Gasteiger partial charge in [-0.05, 0) is 26.8 Å². The Hall–Kier alpha value is -0.610. The molecule has 0 saturated carbocycles. The van der Waals surface area contributed by atoms with Gasteiger partial charge in [-0.1, -0.05) is 0 Å². The zero-order valence-corrected chi connectivity index (χ0v) is 8.44. The van der Waals surface area contributed by atoms with E-state index in [4.69, 9.17) is 0 Å². The monoisotopic (exact) mass is 185 g/mol. The third-order valence-electron chi connectivity index (χ3n) is 2.42. The van der Waals surface area contributed by atoms with Gasteiger partial charge in [-0.3, -0.25) is 4.79 Å². The van der Waals surface area contributed by atoms with Gasteiger partial charge in [0, 0.05) is 18.6 Å². The van der Waals surface area contributed by atoms with Crippen molar-refractivity contribution in [3.8, 4) is 0 Å². The Bertz CT molecular complexity index is 176. The number of amides is 1. The second-order valence-electron chi connectivity index (χ2n) is 3.79. The van der Waals surface area contributed by atoms with Crippen molar-refractivity contribution in [2.75, 3.05) is 26.2 Å². The molecule has 1 amide bonds. The van der Waals surface area contributed by atoms with Crippen LogP contribution in [0, 0.1) is 0 Å². The topological polar surface area (TPSA) is 53.2 Å². The lowest BCUT2D eigenvalue weighted by molar-refractivity contribution is -0.120. The summed E-state index contributed by atoms with van der Waals surface area (Å²) in [6, 6.07) is 0. The van der Waals surface area contributed by atoms with Crippen LogP contribution in [0.4, 0.5) is 0 Å². The number of carbonyl (C=O) groups is 1. The fraction of sp³-hybridized carbons (Fsp3) is 0.889. The van der Waals surface area contributed by atoms with Crippen molar-refractivity contribution in [1.29, 1.82) is 0 Å². The number of hydrogen-bond acceptors (Lipinski definition) is 3. The van der Waals surface area contributed by atoms with Gasteiger partial charge in [0.15, 0.2) is 0 Å². The largest absolute Gasteiger partial charge is 0.355 e. The summed E-state index contributed by atoms with van der Waals surface area (Å²) in [6.07, 6.45) is 1.09. The number of rotatable bonds is 4.